The SMILES string of the molecule is C=CCO[C@H](c1ccnc2ccccc12)[C@@H]1C[C@@H]2CC[N+]1(Cc1ccccc1)C[C@@H]2CC. The van der Waals surface area contributed by atoms with E-state index < -0.39 is 0 Å². The van der Waals surface area contributed by atoms with Gasteiger partial charge in [0.25, 0.3) is 0 Å². The summed E-state index contributed by atoms with van der Waals surface area (Å²) in [5, 5.41) is 1.22. The summed E-state index contributed by atoms with van der Waals surface area (Å²) >= 11 is 0. The zero-order valence-electron chi connectivity index (χ0n) is 19.2. The Morgan fingerprint density at radius 3 is 2.75 bits per heavy atom. The number of pyridine rings is 1. The van der Waals surface area contributed by atoms with Crippen molar-refractivity contribution in [2.75, 3.05) is 19.7 Å². The summed E-state index contributed by atoms with van der Waals surface area (Å²) in [4.78, 5) is 4.63. The van der Waals surface area contributed by atoms with Crippen LogP contribution in [0.2, 0.25) is 0 Å². The van der Waals surface area contributed by atoms with E-state index in [2.05, 4.69) is 79.2 Å². The van der Waals surface area contributed by atoms with E-state index in [4.69, 9.17) is 4.74 Å². The molecule has 0 saturated carbocycles. The van der Waals surface area contributed by atoms with Crippen molar-refractivity contribution >= 4 is 10.9 Å². The van der Waals surface area contributed by atoms with E-state index in [0.29, 0.717) is 12.6 Å². The number of fused-ring (bicyclic) bond motifs is 4. The number of rotatable bonds is 8. The average Bonchev–Trinajstić information content (AvgIpc) is 2.85. The van der Waals surface area contributed by atoms with E-state index in [1.807, 2.05) is 12.3 Å². The van der Waals surface area contributed by atoms with Crippen LogP contribution in [0.15, 0.2) is 79.5 Å². The van der Waals surface area contributed by atoms with Gasteiger partial charge >= 0.3 is 0 Å². The van der Waals surface area contributed by atoms with Gasteiger partial charge in [0.1, 0.15) is 18.7 Å². The van der Waals surface area contributed by atoms with Crippen molar-refractivity contribution < 1.29 is 9.22 Å². The Balaban J connectivity index is 1.59. The molecule has 3 aromatic rings. The second-order valence-corrected chi connectivity index (χ2v) is 9.75. The summed E-state index contributed by atoms with van der Waals surface area (Å²) in [6, 6.07) is 22.2. The van der Waals surface area contributed by atoms with E-state index in [1.54, 1.807) is 0 Å². The Kier molecular flexibility index (Phi) is 6.12. The van der Waals surface area contributed by atoms with Crippen LogP contribution < -0.4 is 0 Å². The lowest BCUT2D eigenvalue weighted by atomic mass is 9.70. The molecule has 0 N–H and O–H groups in total. The number of quaternary nitrogens is 1. The van der Waals surface area contributed by atoms with Crippen LogP contribution in [0.3, 0.4) is 0 Å². The smallest absolute Gasteiger partial charge is 0.135 e. The molecule has 2 bridgehead atoms. The molecule has 5 atom stereocenters. The van der Waals surface area contributed by atoms with E-state index >= 15 is 0 Å². The van der Waals surface area contributed by atoms with Gasteiger partial charge in [0.2, 0.25) is 0 Å². The molecule has 3 aliphatic heterocycles. The van der Waals surface area contributed by atoms with Crippen LogP contribution in [0.4, 0.5) is 0 Å². The van der Waals surface area contributed by atoms with Crippen LogP contribution >= 0.6 is 0 Å². The lowest BCUT2D eigenvalue weighted by molar-refractivity contribution is -0.986. The fourth-order valence-corrected chi connectivity index (χ4v) is 6.54. The minimum absolute atomic E-state index is 0.0465. The van der Waals surface area contributed by atoms with Gasteiger partial charge < -0.3 is 9.22 Å². The largest absolute Gasteiger partial charge is 0.363 e. The van der Waals surface area contributed by atoms with Crippen LogP contribution in [-0.4, -0.2) is 35.2 Å². The normalized spacial score (nSPS) is 28.0. The summed E-state index contributed by atoms with van der Waals surface area (Å²) in [5.74, 6) is 1.63. The summed E-state index contributed by atoms with van der Waals surface area (Å²) in [6.45, 7) is 10.5. The standard InChI is InChI=1S/C29H35N2O/c1-3-18-32-29(26-14-16-30-27-13-9-8-12-25(26)27)28-19-24-15-17-31(28,21-23(24)4-2)20-22-10-6-5-7-11-22/h3,5-14,16,23-24,28-29H,1,4,15,17-21H2,2H3/q+1/t23-,24-,28-,29+,31?/m0/s1. The topological polar surface area (TPSA) is 22.1 Å². The number of nitrogens with zero attached hydrogens (tertiary/aromatic N) is 2. The summed E-state index contributed by atoms with van der Waals surface area (Å²) < 4.78 is 7.78. The fourth-order valence-electron chi connectivity index (χ4n) is 6.54. The first-order valence-electron chi connectivity index (χ1n) is 12.2. The molecule has 2 aromatic carbocycles. The van der Waals surface area contributed by atoms with Crippen molar-refractivity contribution in [3.63, 3.8) is 0 Å². The minimum atomic E-state index is 0.0465. The average molecular weight is 428 g/mol. The van der Waals surface area contributed by atoms with Crippen LogP contribution in [0.25, 0.3) is 10.9 Å². The zero-order chi connectivity index (χ0) is 22.0. The zero-order valence-corrected chi connectivity index (χ0v) is 19.2. The quantitative estimate of drug-likeness (QED) is 0.310. The maximum Gasteiger partial charge on any atom is 0.135 e. The van der Waals surface area contributed by atoms with Gasteiger partial charge in [-0.15, -0.1) is 6.58 Å². The van der Waals surface area contributed by atoms with Crippen molar-refractivity contribution in [3.8, 4) is 0 Å². The van der Waals surface area contributed by atoms with Crippen LogP contribution in [-0.2, 0) is 11.3 Å². The van der Waals surface area contributed by atoms with Gasteiger partial charge in [-0.05, 0) is 30.0 Å². The molecular formula is C29H35N2O+. The van der Waals surface area contributed by atoms with Gasteiger partial charge in [-0.3, -0.25) is 4.98 Å². The molecule has 3 nitrogen and oxygen atoms in total. The van der Waals surface area contributed by atoms with E-state index in [-0.39, 0.29) is 6.10 Å². The molecule has 3 saturated heterocycles. The molecule has 0 amide bonds. The van der Waals surface area contributed by atoms with Gasteiger partial charge in [-0.2, -0.15) is 0 Å². The number of para-hydroxylation sites is 1. The fraction of sp³-hybridized carbons (Fsp3) is 0.414. The van der Waals surface area contributed by atoms with Crippen LogP contribution in [0.1, 0.15) is 43.4 Å². The highest BCUT2D eigenvalue weighted by atomic mass is 16.5. The van der Waals surface area contributed by atoms with Gasteiger partial charge in [0.05, 0.1) is 25.2 Å². The number of aromatic nitrogens is 1. The molecule has 4 heterocycles. The molecular weight excluding hydrogens is 392 g/mol. The molecule has 0 spiro atoms. The number of piperidine rings is 3. The molecule has 6 rings (SSSR count). The van der Waals surface area contributed by atoms with Crippen molar-refractivity contribution in [2.45, 2.75) is 44.9 Å². The Bertz CT molecular complexity index is 1060. The van der Waals surface area contributed by atoms with E-state index in [1.165, 1.54) is 48.9 Å². The molecule has 3 fully saturated rings. The van der Waals surface area contributed by atoms with Gasteiger partial charge in [0.15, 0.2) is 0 Å². The van der Waals surface area contributed by atoms with Crippen LogP contribution in [0.5, 0.6) is 0 Å². The first-order chi connectivity index (χ1) is 15.7. The third-order valence-electron chi connectivity index (χ3n) is 8.05. The van der Waals surface area contributed by atoms with E-state index in [9.17, 15) is 0 Å². The number of hydrogen-bond donors (Lipinski definition) is 0. The molecule has 32 heavy (non-hydrogen) atoms. The molecule has 166 valence electrons. The highest BCUT2D eigenvalue weighted by Gasteiger charge is 2.54. The van der Waals surface area contributed by atoms with Crippen molar-refractivity contribution in [1.82, 2.24) is 4.98 Å². The summed E-state index contributed by atoms with van der Waals surface area (Å²) in [6.07, 6.45) is 7.75. The predicted octanol–water partition coefficient (Wildman–Crippen LogP) is 6.31. The monoisotopic (exact) mass is 427 g/mol. The Morgan fingerprint density at radius 1 is 1.12 bits per heavy atom. The maximum absolute atomic E-state index is 6.65. The highest BCUT2D eigenvalue weighted by Crippen LogP contribution is 2.49. The van der Waals surface area contributed by atoms with Crippen molar-refractivity contribution in [1.29, 1.82) is 0 Å². The van der Waals surface area contributed by atoms with Gasteiger partial charge in [0, 0.05) is 35.9 Å². The second kappa shape index (κ2) is 9.17. The molecule has 0 radical (unpaired) electrons. The number of hydrogen-bond acceptors (Lipinski definition) is 2. The molecule has 1 unspecified atom stereocenters. The maximum atomic E-state index is 6.65. The highest BCUT2D eigenvalue weighted by molar-refractivity contribution is 5.82. The lowest BCUT2D eigenvalue weighted by Crippen LogP contribution is -2.67. The third kappa shape index (κ3) is 3.89. The third-order valence-corrected chi connectivity index (χ3v) is 8.05. The molecule has 1 aromatic heterocycles. The Morgan fingerprint density at radius 2 is 1.94 bits per heavy atom. The van der Waals surface area contributed by atoms with Crippen molar-refractivity contribution in [2.24, 2.45) is 11.8 Å². The van der Waals surface area contributed by atoms with Gasteiger partial charge in [-0.25, -0.2) is 0 Å². The predicted molar refractivity (Wildman–Crippen MR) is 131 cm³/mol. The lowest BCUT2D eigenvalue weighted by Gasteiger charge is -2.59. The first kappa shape index (κ1) is 21.4. The van der Waals surface area contributed by atoms with Crippen molar-refractivity contribution in [3.05, 3.63) is 90.6 Å². The number of ether oxygens (including phenoxy) is 1. The Labute approximate surface area is 192 Å². The Hall–Kier alpha value is -2.49. The van der Waals surface area contributed by atoms with Crippen LogP contribution in [0, 0.1) is 11.8 Å². The number of benzene rings is 2. The summed E-state index contributed by atoms with van der Waals surface area (Å²) in [5.41, 5.74) is 3.78. The minimum Gasteiger partial charge on any atom is -0.363 e. The molecule has 0 aliphatic carbocycles. The second-order valence-electron chi connectivity index (χ2n) is 9.75. The molecule has 3 aliphatic rings. The molecule has 3 heteroatoms. The first-order valence-corrected chi connectivity index (χ1v) is 12.2. The van der Waals surface area contributed by atoms with Gasteiger partial charge in [-0.1, -0.05) is 61.5 Å². The summed E-state index contributed by atoms with van der Waals surface area (Å²) in [7, 11) is 0. The van der Waals surface area contributed by atoms with E-state index in [0.717, 1.165) is 28.4 Å².